The molecular weight excluding hydrogens is 194 g/mol. The Hall–Kier alpha value is -1.06. The lowest BCUT2D eigenvalue weighted by Gasteiger charge is -2.21. The van der Waals surface area contributed by atoms with Crippen molar-refractivity contribution in [3.8, 4) is 0 Å². The maximum absolute atomic E-state index is 12.0. The van der Waals surface area contributed by atoms with Gasteiger partial charge in [0.1, 0.15) is 6.54 Å². The monoisotopic (exact) mass is 211 g/mol. The Morgan fingerprint density at radius 1 is 1.40 bits per heavy atom. The highest BCUT2D eigenvalue weighted by molar-refractivity contribution is 5.86. The minimum Gasteiger partial charge on any atom is -0.480 e. The molecule has 0 spiro atoms. The van der Waals surface area contributed by atoms with Crippen LogP contribution in [0.15, 0.2) is 0 Å². The van der Waals surface area contributed by atoms with E-state index in [0.717, 1.165) is 19.3 Å². The molecule has 1 atom stereocenters. The molecule has 0 heterocycles. The summed E-state index contributed by atoms with van der Waals surface area (Å²) in [4.78, 5) is 24.2. The van der Waals surface area contributed by atoms with Crippen molar-refractivity contribution in [3.63, 3.8) is 0 Å². The van der Waals surface area contributed by atoms with Crippen LogP contribution in [0.2, 0.25) is 0 Å². The number of hydrogen-bond acceptors (Lipinski definition) is 2. The summed E-state index contributed by atoms with van der Waals surface area (Å²) >= 11 is 0. The molecule has 0 saturated heterocycles. The number of rotatable bonds is 4. The Balaban J connectivity index is 1.99. The van der Waals surface area contributed by atoms with E-state index in [0.29, 0.717) is 0 Å². The molecule has 2 rings (SSSR count). The van der Waals surface area contributed by atoms with Gasteiger partial charge in [-0.25, -0.2) is 0 Å². The van der Waals surface area contributed by atoms with Gasteiger partial charge in [0, 0.05) is 12.0 Å². The molecule has 1 unspecified atom stereocenters. The van der Waals surface area contributed by atoms with Gasteiger partial charge >= 0.3 is 5.97 Å². The fourth-order valence-electron chi connectivity index (χ4n) is 2.01. The van der Waals surface area contributed by atoms with Crippen molar-refractivity contribution in [1.29, 1.82) is 0 Å². The van der Waals surface area contributed by atoms with Crippen LogP contribution in [-0.4, -0.2) is 34.5 Å². The van der Waals surface area contributed by atoms with E-state index in [-0.39, 0.29) is 29.8 Å². The number of aliphatic carboxylic acids is 1. The summed E-state index contributed by atoms with van der Waals surface area (Å²) in [6.45, 7) is 3.99. The van der Waals surface area contributed by atoms with E-state index in [4.69, 9.17) is 5.11 Å². The van der Waals surface area contributed by atoms with Gasteiger partial charge in [-0.3, -0.25) is 9.59 Å². The lowest BCUT2D eigenvalue weighted by atomic mass is 10.1. The molecule has 2 saturated carbocycles. The standard InChI is InChI=1S/C11H17NO3/c1-11(2)5-8(11)10(15)12(6-9(13)14)7-3-4-7/h7-8H,3-6H2,1-2H3,(H,13,14). The van der Waals surface area contributed by atoms with Crippen molar-refractivity contribution in [2.24, 2.45) is 11.3 Å². The first kappa shape index (κ1) is 10.5. The maximum atomic E-state index is 12.0. The quantitative estimate of drug-likeness (QED) is 0.757. The van der Waals surface area contributed by atoms with Crippen LogP contribution < -0.4 is 0 Å². The zero-order chi connectivity index (χ0) is 11.2. The first-order valence-corrected chi connectivity index (χ1v) is 5.44. The Labute approximate surface area is 89.3 Å². The summed E-state index contributed by atoms with van der Waals surface area (Å²) in [5.41, 5.74) is 0.0860. The Kier molecular flexibility index (Phi) is 2.24. The lowest BCUT2D eigenvalue weighted by molar-refractivity contribution is -0.145. The summed E-state index contributed by atoms with van der Waals surface area (Å²) < 4.78 is 0. The van der Waals surface area contributed by atoms with E-state index in [1.807, 2.05) is 0 Å². The normalized spacial score (nSPS) is 27.2. The van der Waals surface area contributed by atoms with Crippen molar-refractivity contribution < 1.29 is 14.7 Å². The minimum absolute atomic E-state index is 0.0462. The molecule has 0 bridgehead atoms. The van der Waals surface area contributed by atoms with Crippen molar-refractivity contribution in [2.75, 3.05) is 6.54 Å². The molecule has 0 aromatic heterocycles. The zero-order valence-electron chi connectivity index (χ0n) is 9.19. The largest absolute Gasteiger partial charge is 0.480 e. The van der Waals surface area contributed by atoms with E-state index < -0.39 is 5.97 Å². The second kappa shape index (κ2) is 3.22. The Bertz CT molecular complexity index is 307. The van der Waals surface area contributed by atoms with Crippen molar-refractivity contribution >= 4 is 11.9 Å². The number of carboxylic acid groups (broad SMARTS) is 1. The fourth-order valence-corrected chi connectivity index (χ4v) is 2.01. The molecule has 1 amide bonds. The number of nitrogens with zero attached hydrogens (tertiary/aromatic N) is 1. The van der Waals surface area contributed by atoms with Gasteiger partial charge in [-0.2, -0.15) is 0 Å². The van der Waals surface area contributed by atoms with Gasteiger partial charge in [-0.05, 0) is 24.7 Å². The smallest absolute Gasteiger partial charge is 0.323 e. The van der Waals surface area contributed by atoms with E-state index >= 15 is 0 Å². The highest BCUT2D eigenvalue weighted by Crippen LogP contribution is 2.53. The number of carboxylic acids is 1. The summed E-state index contributed by atoms with van der Waals surface area (Å²) in [5, 5.41) is 8.75. The predicted octanol–water partition coefficient (Wildman–Crippen LogP) is 1.11. The molecule has 84 valence electrons. The van der Waals surface area contributed by atoms with Crippen molar-refractivity contribution in [1.82, 2.24) is 4.90 Å². The number of carbonyl (C=O) groups is 2. The number of carbonyl (C=O) groups excluding carboxylic acids is 1. The molecule has 2 fully saturated rings. The minimum atomic E-state index is -0.909. The number of amides is 1. The molecule has 4 heteroatoms. The topological polar surface area (TPSA) is 57.6 Å². The predicted molar refractivity (Wildman–Crippen MR) is 54.3 cm³/mol. The van der Waals surface area contributed by atoms with Gasteiger partial charge in [-0.15, -0.1) is 0 Å². The third kappa shape index (κ3) is 2.13. The molecule has 2 aliphatic rings. The van der Waals surface area contributed by atoms with Crippen LogP contribution in [0.25, 0.3) is 0 Å². The van der Waals surface area contributed by atoms with Gasteiger partial charge in [0.2, 0.25) is 5.91 Å². The third-order valence-corrected chi connectivity index (χ3v) is 3.39. The second-order valence-corrected chi connectivity index (χ2v) is 5.34. The third-order valence-electron chi connectivity index (χ3n) is 3.39. The van der Waals surface area contributed by atoms with Gasteiger partial charge in [0.15, 0.2) is 0 Å². The molecule has 2 aliphatic carbocycles. The molecule has 1 N–H and O–H groups in total. The van der Waals surface area contributed by atoms with Crippen LogP contribution in [0.1, 0.15) is 33.1 Å². The average Bonchev–Trinajstić information content (AvgIpc) is 2.96. The highest BCUT2D eigenvalue weighted by Gasteiger charge is 2.53. The van der Waals surface area contributed by atoms with Crippen LogP contribution in [0.4, 0.5) is 0 Å². The average molecular weight is 211 g/mol. The first-order chi connectivity index (χ1) is 6.92. The zero-order valence-corrected chi connectivity index (χ0v) is 9.19. The summed E-state index contributed by atoms with van der Waals surface area (Å²) in [5.74, 6) is -0.809. The molecule has 15 heavy (non-hydrogen) atoms. The van der Waals surface area contributed by atoms with Gasteiger partial charge < -0.3 is 10.0 Å². The second-order valence-electron chi connectivity index (χ2n) is 5.34. The maximum Gasteiger partial charge on any atom is 0.323 e. The lowest BCUT2D eigenvalue weighted by Crippen LogP contribution is -2.39. The van der Waals surface area contributed by atoms with Crippen LogP contribution in [-0.2, 0) is 9.59 Å². The SMILES string of the molecule is CC1(C)CC1C(=O)N(CC(=O)O)C1CC1. The van der Waals surface area contributed by atoms with Crippen molar-refractivity contribution in [3.05, 3.63) is 0 Å². The molecular formula is C11H17NO3. The number of hydrogen-bond donors (Lipinski definition) is 1. The van der Waals surface area contributed by atoms with Crippen LogP contribution in [0, 0.1) is 11.3 Å². The highest BCUT2D eigenvalue weighted by atomic mass is 16.4. The van der Waals surface area contributed by atoms with Crippen LogP contribution in [0.3, 0.4) is 0 Å². The van der Waals surface area contributed by atoms with E-state index in [9.17, 15) is 9.59 Å². The first-order valence-electron chi connectivity index (χ1n) is 5.44. The van der Waals surface area contributed by atoms with Crippen LogP contribution in [0.5, 0.6) is 0 Å². The molecule has 0 aliphatic heterocycles. The molecule has 0 radical (unpaired) electrons. The van der Waals surface area contributed by atoms with Gasteiger partial charge in [0.05, 0.1) is 0 Å². The van der Waals surface area contributed by atoms with Gasteiger partial charge in [-0.1, -0.05) is 13.8 Å². The molecule has 0 aromatic carbocycles. The summed E-state index contributed by atoms with van der Waals surface area (Å²) in [6.07, 6.45) is 2.83. The van der Waals surface area contributed by atoms with E-state index in [1.165, 1.54) is 0 Å². The summed E-state index contributed by atoms with van der Waals surface area (Å²) in [6, 6.07) is 0.199. The fraction of sp³-hybridized carbons (Fsp3) is 0.818. The van der Waals surface area contributed by atoms with E-state index in [1.54, 1.807) is 4.90 Å². The molecule has 4 nitrogen and oxygen atoms in total. The van der Waals surface area contributed by atoms with Gasteiger partial charge in [0.25, 0.3) is 0 Å². The Morgan fingerprint density at radius 3 is 2.27 bits per heavy atom. The summed E-state index contributed by atoms with van der Waals surface area (Å²) in [7, 11) is 0. The van der Waals surface area contributed by atoms with E-state index in [2.05, 4.69) is 13.8 Å². The molecule has 0 aromatic rings. The van der Waals surface area contributed by atoms with Crippen molar-refractivity contribution in [2.45, 2.75) is 39.2 Å². The Morgan fingerprint density at radius 2 is 1.93 bits per heavy atom. The van der Waals surface area contributed by atoms with Crippen LogP contribution >= 0.6 is 0 Å².